The van der Waals surface area contributed by atoms with Crippen molar-refractivity contribution in [3.8, 4) is 0 Å². The van der Waals surface area contributed by atoms with Gasteiger partial charge in [-0.25, -0.2) is 0 Å². The molecule has 0 saturated carbocycles. The van der Waals surface area contributed by atoms with Gasteiger partial charge in [0.2, 0.25) is 0 Å². The van der Waals surface area contributed by atoms with Crippen LogP contribution in [0, 0.1) is 0 Å². The van der Waals surface area contributed by atoms with E-state index >= 15 is 0 Å². The highest BCUT2D eigenvalue weighted by Gasteiger charge is 1.72. The van der Waals surface area contributed by atoms with Gasteiger partial charge in [0.05, 0.1) is 6.61 Å². The summed E-state index contributed by atoms with van der Waals surface area (Å²) < 4.78 is 4.05. The van der Waals surface area contributed by atoms with Crippen molar-refractivity contribution in [2.45, 2.75) is 13.8 Å². The van der Waals surface area contributed by atoms with Crippen LogP contribution >= 0.6 is 0 Å². The number of allylic oxidation sites excluding steroid dienone is 2. The highest BCUT2D eigenvalue weighted by Crippen LogP contribution is 1.58. The number of aliphatic hydroxyl groups excluding tert-OH is 1. The zero-order chi connectivity index (χ0) is 10.2. The summed E-state index contributed by atoms with van der Waals surface area (Å²) in [5.74, 6) is 0. The summed E-state index contributed by atoms with van der Waals surface area (Å²) in [4.78, 5) is 9.23. The minimum Gasteiger partial charge on any atom is -0.465 e. The number of carbonyl (C=O) groups excluding carboxylic acids is 1. The van der Waals surface area contributed by atoms with E-state index in [1.165, 1.54) is 0 Å². The molecule has 3 heteroatoms. The number of hydrogen-bond acceptors (Lipinski definition) is 3. The molecule has 0 bridgehead atoms. The van der Waals surface area contributed by atoms with Gasteiger partial charge in [0.25, 0.3) is 6.47 Å². The molecule has 72 valence electrons. The topological polar surface area (TPSA) is 46.5 Å². The maximum atomic E-state index is 9.23. The molecule has 0 unspecified atom stereocenters. The molecular weight excluding hydrogens is 156 g/mol. The maximum absolute atomic E-state index is 9.23. The van der Waals surface area contributed by atoms with E-state index in [-0.39, 0.29) is 13.2 Å². The number of aliphatic hydroxyl groups is 1. The summed E-state index contributed by atoms with van der Waals surface area (Å²) in [6, 6.07) is 0. The van der Waals surface area contributed by atoms with Gasteiger partial charge >= 0.3 is 0 Å². The predicted molar refractivity (Wildman–Crippen MR) is 50.8 cm³/mol. The van der Waals surface area contributed by atoms with Gasteiger partial charge in [-0.05, 0) is 13.8 Å². The normalized spacial score (nSPS) is 5.92. The zero-order valence-electron chi connectivity index (χ0n) is 7.82. The first-order valence-corrected chi connectivity index (χ1v) is 3.55. The van der Waals surface area contributed by atoms with Crippen LogP contribution in [0.1, 0.15) is 13.8 Å². The van der Waals surface area contributed by atoms with Crippen LogP contribution < -0.4 is 0 Å². The molecular formula is C9H18O3. The average Bonchev–Trinajstić information content (AvgIpc) is 2.04. The van der Waals surface area contributed by atoms with Crippen molar-refractivity contribution in [3.05, 3.63) is 25.3 Å². The smallest absolute Gasteiger partial charge is 0.293 e. The van der Waals surface area contributed by atoms with E-state index in [2.05, 4.69) is 17.9 Å². The molecule has 0 aromatic rings. The van der Waals surface area contributed by atoms with Gasteiger partial charge in [0.1, 0.15) is 6.61 Å². The fourth-order valence-electron chi connectivity index (χ4n) is 0.101. The predicted octanol–water partition coefficient (Wildman–Crippen LogP) is 1.54. The van der Waals surface area contributed by atoms with Crippen LogP contribution in [-0.4, -0.2) is 24.8 Å². The first kappa shape index (κ1) is 17.1. The van der Waals surface area contributed by atoms with Crippen molar-refractivity contribution in [3.63, 3.8) is 0 Å². The van der Waals surface area contributed by atoms with Gasteiger partial charge in [-0.2, -0.15) is 0 Å². The monoisotopic (exact) mass is 174 g/mol. The van der Waals surface area contributed by atoms with Gasteiger partial charge in [-0.3, -0.25) is 4.79 Å². The minimum absolute atomic E-state index is 0.0985. The van der Waals surface area contributed by atoms with Crippen LogP contribution in [0.25, 0.3) is 0 Å². The van der Waals surface area contributed by atoms with Crippen molar-refractivity contribution in [1.82, 2.24) is 0 Å². The fraction of sp³-hybridized carbons (Fsp3) is 0.444. The van der Waals surface area contributed by atoms with Crippen LogP contribution in [0.4, 0.5) is 0 Å². The fourth-order valence-corrected chi connectivity index (χ4v) is 0.101. The van der Waals surface area contributed by atoms with Crippen molar-refractivity contribution in [2.24, 2.45) is 0 Å². The van der Waals surface area contributed by atoms with Crippen LogP contribution in [-0.2, 0) is 9.53 Å². The van der Waals surface area contributed by atoms with Crippen molar-refractivity contribution < 1.29 is 14.6 Å². The molecule has 0 atom stereocenters. The molecule has 0 heterocycles. The SMILES string of the molecule is C=CC.C=CC.O=COCCO. The van der Waals surface area contributed by atoms with E-state index in [0.29, 0.717) is 6.47 Å². The Morgan fingerprint density at radius 3 is 1.75 bits per heavy atom. The van der Waals surface area contributed by atoms with Crippen LogP contribution in [0.15, 0.2) is 25.3 Å². The lowest BCUT2D eigenvalue weighted by Gasteiger charge is -1.86. The molecule has 0 aromatic heterocycles. The Bertz CT molecular complexity index is 83.8. The molecule has 0 saturated heterocycles. The molecule has 0 aliphatic rings. The van der Waals surface area contributed by atoms with E-state index in [4.69, 9.17) is 5.11 Å². The second-order valence-electron chi connectivity index (χ2n) is 1.51. The lowest BCUT2D eigenvalue weighted by atomic mass is 10.8. The molecule has 1 N–H and O–H groups in total. The first-order chi connectivity index (χ1) is 5.74. The van der Waals surface area contributed by atoms with Gasteiger partial charge in [0.15, 0.2) is 0 Å². The molecule has 0 spiro atoms. The standard InChI is InChI=1S/C3H6O3.2C3H6/c4-1-2-6-3-5;2*1-3-2/h3-4H,1-2H2;2*3H,1H2,2H3. The summed E-state index contributed by atoms with van der Waals surface area (Å²) in [5, 5.41) is 7.91. The van der Waals surface area contributed by atoms with E-state index in [1.807, 2.05) is 13.8 Å². The van der Waals surface area contributed by atoms with E-state index in [0.717, 1.165) is 0 Å². The van der Waals surface area contributed by atoms with Gasteiger partial charge in [-0.1, -0.05) is 12.2 Å². The molecule has 0 radical (unpaired) electrons. The molecule has 0 aliphatic carbocycles. The third kappa shape index (κ3) is 153. The minimum atomic E-state index is -0.0985. The lowest BCUT2D eigenvalue weighted by Crippen LogP contribution is -1.95. The van der Waals surface area contributed by atoms with Crippen molar-refractivity contribution in [1.29, 1.82) is 0 Å². The Balaban J connectivity index is -0.000000115. The summed E-state index contributed by atoms with van der Waals surface area (Å²) in [6.07, 6.45) is 3.50. The zero-order valence-corrected chi connectivity index (χ0v) is 7.82. The number of carbonyl (C=O) groups is 1. The largest absolute Gasteiger partial charge is 0.465 e. The summed E-state index contributed by atoms with van der Waals surface area (Å²) in [5.41, 5.74) is 0. The molecule has 0 rings (SSSR count). The Kier molecular flexibility index (Phi) is 46.6. The summed E-state index contributed by atoms with van der Waals surface area (Å²) in [7, 11) is 0. The summed E-state index contributed by atoms with van der Waals surface area (Å²) in [6.45, 7) is 10.8. The molecule has 0 aromatic carbocycles. The highest BCUT2D eigenvalue weighted by molar-refractivity contribution is 5.36. The Morgan fingerprint density at radius 2 is 1.67 bits per heavy atom. The third-order valence-electron chi connectivity index (χ3n) is 0.277. The molecule has 12 heavy (non-hydrogen) atoms. The maximum Gasteiger partial charge on any atom is 0.293 e. The Morgan fingerprint density at radius 1 is 1.33 bits per heavy atom. The van der Waals surface area contributed by atoms with Gasteiger partial charge in [0, 0.05) is 0 Å². The van der Waals surface area contributed by atoms with E-state index in [1.54, 1.807) is 12.2 Å². The van der Waals surface area contributed by atoms with E-state index in [9.17, 15) is 4.79 Å². The lowest BCUT2D eigenvalue weighted by molar-refractivity contribution is -0.129. The molecule has 0 fully saturated rings. The molecule has 3 nitrogen and oxygen atoms in total. The molecule has 0 amide bonds. The molecule has 0 aliphatic heterocycles. The Hall–Kier alpha value is -1.09. The van der Waals surface area contributed by atoms with E-state index < -0.39 is 0 Å². The number of rotatable bonds is 3. The third-order valence-corrected chi connectivity index (χ3v) is 0.277. The van der Waals surface area contributed by atoms with Gasteiger partial charge in [-0.15, -0.1) is 13.2 Å². The second kappa shape index (κ2) is 32.6. The number of hydrogen-bond donors (Lipinski definition) is 1. The van der Waals surface area contributed by atoms with Crippen molar-refractivity contribution in [2.75, 3.05) is 13.2 Å². The quantitative estimate of drug-likeness (QED) is 0.401. The van der Waals surface area contributed by atoms with Gasteiger partial charge < -0.3 is 9.84 Å². The average molecular weight is 174 g/mol. The second-order valence-corrected chi connectivity index (χ2v) is 1.51. The summed E-state index contributed by atoms with van der Waals surface area (Å²) >= 11 is 0. The first-order valence-electron chi connectivity index (χ1n) is 3.55. The van der Waals surface area contributed by atoms with Crippen LogP contribution in [0.2, 0.25) is 0 Å². The Labute approximate surface area is 74.4 Å². The highest BCUT2D eigenvalue weighted by atomic mass is 16.5. The van der Waals surface area contributed by atoms with Crippen LogP contribution in [0.3, 0.4) is 0 Å². The van der Waals surface area contributed by atoms with Crippen LogP contribution in [0.5, 0.6) is 0 Å². The number of ether oxygens (including phenoxy) is 1. The van der Waals surface area contributed by atoms with Crippen molar-refractivity contribution >= 4 is 6.47 Å².